The van der Waals surface area contributed by atoms with E-state index in [9.17, 15) is 18.0 Å². The van der Waals surface area contributed by atoms with Gasteiger partial charge in [-0.2, -0.15) is 13.2 Å². The van der Waals surface area contributed by atoms with Gasteiger partial charge in [-0.1, -0.05) is 12.0 Å². The minimum atomic E-state index is -4.40. The molecular weight excluding hydrogens is 571 g/mol. The van der Waals surface area contributed by atoms with Crippen molar-refractivity contribution < 1.29 is 27.4 Å². The van der Waals surface area contributed by atoms with E-state index in [2.05, 4.69) is 32.7 Å². The van der Waals surface area contributed by atoms with Crippen LogP contribution in [0.3, 0.4) is 0 Å². The molecule has 1 aliphatic carbocycles. The molecule has 0 radical (unpaired) electrons. The second-order valence-corrected chi connectivity index (χ2v) is 11.8. The first-order valence-electron chi connectivity index (χ1n) is 15.2. The zero-order valence-electron chi connectivity index (χ0n) is 25.0. The largest absolute Gasteiger partial charge is 0.495 e. The van der Waals surface area contributed by atoms with Gasteiger partial charge in [-0.3, -0.25) is 9.69 Å². The first-order valence-corrected chi connectivity index (χ1v) is 15.2. The Morgan fingerprint density at radius 1 is 1.07 bits per heavy atom. The Hall–Kier alpha value is -3.88. The molecule has 8 nitrogen and oxygen atoms in total. The van der Waals surface area contributed by atoms with E-state index in [0.717, 1.165) is 49.8 Å². The summed E-state index contributed by atoms with van der Waals surface area (Å²) < 4.78 is 53.5. The normalized spacial score (nSPS) is 23.3. The van der Waals surface area contributed by atoms with Gasteiger partial charge in [0, 0.05) is 55.3 Å². The number of hydrogen-bond acceptors (Lipinski definition) is 6. The molecule has 11 heteroatoms. The van der Waals surface area contributed by atoms with Gasteiger partial charge in [0.05, 0.1) is 42.8 Å². The molecule has 1 amide bonds. The number of piperidine rings is 1. The fraction of sp³-hybridized carbons (Fsp3) is 0.485. The van der Waals surface area contributed by atoms with E-state index >= 15 is 0 Å². The van der Waals surface area contributed by atoms with Gasteiger partial charge >= 0.3 is 6.18 Å². The number of methoxy groups -OCH3 is 1. The van der Waals surface area contributed by atoms with Gasteiger partial charge in [-0.05, 0) is 68.0 Å². The van der Waals surface area contributed by atoms with Gasteiger partial charge < -0.3 is 30.0 Å². The Labute approximate surface area is 255 Å². The lowest BCUT2D eigenvalue weighted by molar-refractivity contribution is -0.189. The Morgan fingerprint density at radius 2 is 1.82 bits per heavy atom. The van der Waals surface area contributed by atoms with Crippen LogP contribution in [0.2, 0.25) is 0 Å². The highest BCUT2D eigenvalue weighted by Crippen LogP contribution is 2.35. The number of halogens is 3. The molecule has 234 valence electrons. The second-order valence-electron chi connectivity index (χ2n) is 11.8. The topological polar surface area (TPSA) is 79.8 Å². The van der Waals surface area contributed by atoms with Gasteiger partial charge in [0.1, 0.15) is 12.3 Å². The summed E-state index contributed by atoms with van der Waals surface area (Å²) in [5, 5.41) is 10.1. The number of rotatable bonds is 8. The van der Waals surface area contributed by atoms with Gasteiger partial charge in [0.25, 0.3) is 5.91 Å². The van der Waals surface area contributed by atoms with E-state index in [1.807, 2.05) is 6.07 Å². The number of aromatic nitrogens is 1. The third-order valence-corrected chi connectivity index (χ3v) is 8.92. The van der Waals surface area contributed by atoms with Crippen molar-refractivity contribution in [3.8, 4) is 17.6 Å². The van der Waals surface area contributed by atoms with Crippen LogP contribution in [0.25, 0.3) is 10.9 Å². The minimum Gasteiger partial charge on any atom is -0.495 e. The highest BCUT2D eigenvalue weighted by atomic mass is 19.4. The molecule has 4 aliphatic rings. The van der Waals surface area contributed by atoms with E-state index in [0.29, 0.717) is 46.5 Å². The van der Waals surface area contributed by atoms with Crippen molar-refractivity contribution >= 4 is 28.2 Å². The first-order chi connectivity index (χ1) is 21.2. The summed E-state index contributed by atoms with van der Waals surface area (Å²) in [6.07, 6.45) is 1.84. The number of carbonyl (C=O) groups is 1. The van der Waals surface area contributed by atoms with E-state index in [-0.39, 0.29) is 18.5 Å². The first kappa shape index (κ1) is 30.2. The van der Waals surface area contributed by atoms with Crippen LogP contribution >= 0.6 is 0 Å². The number of ether oxygens (including phenoxy) is 2. The molecule has 7 rings (SSSR count). The number of carbonyl (C=O) groups excluding carboxylic acids is 1. The fourth-order valence-electron chi connectivity index (χ4n) is 6.75. The third-order valence-electron chi connectivity index (χ3n) is 8.92. The third kappa shape index (κ3) is 6.61. The molecule has 0 spiro atoms. The van der Waals surface area contributed by atoms with Crippen molar-refractivity contribution in [3.05, 3.63) is 53.7 Å². The highest BCUT2D eigenvalue weighted by molar-refractivity contribution is 5.95. The maximum Gasteiger partial charge on any atom is 0.406 e. The lowest BCUT2D eigenvalue weighted by Crippen LogP contribution is -2.60. The number of morpholine rings is 1. The monoisotopic (exact) mass is 609 g/mol. The molecule has 3 aliphatic heterocycles. The average Bonchev–Trinajstić information content (AvgIpc) is 3.35. The molecule has 1 saturated carbocycles. The van der Waals surface area contributed by atoms with Gasteiger partial charge in [0.2, 0.25) is 0 Å². The summed E-state index contributed by atoms with van der Waals surface area (Å²) >= 11 is 0. The minimum absolute atomic E-state index is 0.169. The van der Waals surface area contributed by atoms with Crippen LogP contribution < -0.4 is 20.7 Å². The van der Waals surface area contributed by atoms with Gasteiger partial charge in [-0.15, -0.1) is 0 Å². The van der Waals surface area contributed by atoms with E-state index in [4.69, 9.17) is 9.47 Å². The zero-order chi connectivity index (χ0) is 30.8. The Kier molecular flexibility index (Phi) is 8.65. The van der Waals surface area contributed by atoms with Crippen molar-refractivity contribution in [3.63, 3.8) is 0 Å². The highest BCUT2D eigenvalue weighted by Gasteiger charge is 2.41. The van der Waals surface area contributed by atoms with Crippen LogP contribution in [-0.2, 0) is 11.3 Å². The lowest BCUT2D eigenvalue weighted by atomic mass is 9.87. The molecule has 4 fully saturated rings. The standard InChI is InChI=1S/C33H38F3N5O3/c1-37-32(42)21-8-13-29(31(15-21)43-2)38-14-4-5-24-16-27-28(6-3-7-30(27)41(24)20-33(34,35)36)39-22-9-11-23(12-10-22)40-18-25-17-26(19-40)44-25/h3,6-8,13,15-16,22-23,25-26,38-39H,9-12,14,17-20H2,1-2H3,(H,37,42)/t22-,23-,25?,26?. The predicted octanol–water partition coefficient (Wildman–Crippen LogP) is 5.23. The SMILES string of the molecule is CNC(=O)c1ccc(NCC#Cc2cc3c(N[C@H]4CC[C@H](N5CC6CC(C5)O6)CC4)cccc3n2CC(F)(F)F)c(OC)c1. The molecule has 2 unspecified atom stereocenters. The van der Waals surface area contributed by atoms with Crippen LogP contribution in [0.4, 0.5) is 24.5 Å². The van der Waals surface area contributed by atoms with Crippen LogP contribution in [0.15, 0.2) is 42.5 Å². The maximum atomic E-state index is 13.7. The summed E-state index contributed by atoms with van der Waals surface area (Å²) in [5.41, 5.74) is 2.70. The van der Waals surface area contributed by atoms with Crippen molar-refractivity contribution in [1.29, 1.82) is 0 Å². The summed E-state index contributed by atoms with van der Waals surface area (Å²) in [4.78, 5) is 14.5. The van der Waals surface area contributed by atoms with Crippen molar-refractivity contribution in [2.75, 3.05) is 44.4 Å². The molecule has 2 bridgehead atoms. The Balaban J connectivity index is 1.16. The van der Waals surface area contributed by atoms with Crippen LogP contribution in [0.5, 0.6) is 5.75 Å². The maximum absolute atomic E-state index is 13.7. The Morgan fingerprint density at radius 3 is 2.50 bits per heavy atom. The number of fused-ring (bicyclic) bond motifs is 3. The molecule has 3 N–H and O–H groups in total. The molecule has 2 aromatic carbocycles. The zero-order valence-corrected chi connectivity index (χ0v) is 25.0. The summed E-state index contributed by atoms with van der Waals surface area (Å²) in [6, 6.07) is 13.0. The summed E-state index contributed by atoms with van der Waals surface area (Å²) in [7, 11) is 3.05. The molecule has 2 atom stereocenters. The van der Waals surface area contributed by atoms with Crippen molar-refractivity contribution in [1.82, 2.24) is 14.8 Å². The van der Waals surface area contributed by atoms with Crippen molar-refractivity contribution in [2.45, 2.75) is 69.1 Å². The lowest BCUT2D eigenvalue weighted by Gasteiger charge is -2.50. The summed E-state index contributed by atoms with van der Waals surface area (Å²) in [6.45, 7) is 1.10. The number of alkyl halides is 3. The van der Waals surface area contributed by atoms with E-state index in [1.165, 1.54) is 18.1 Å². The number of amides is 1. The molecule has 44 heavy (non-hydrogen) atoms. The molecular formula is C33H38F3N5O3. The molecule has 1 aromatic heterocycles. The van der Waals surface area contributed by atoms with Crippen LogP contribution in [0, 0.1) is 11.8 Å². The predicted molar refractivity (Wildman–Crippen MR) is 164 cm³/mol. The molecule has 4 heterocycles. The van der Waals surface area contributed by atoms with Crippen LogP contribution in [0.1, 0.15) is 48.2 Å². The Bertz CT molecular complexity index is 1550. The number of benzene rings is 2. The summed E-state index contributed by atoms with van der Waals surface area (Å²) in [5.74, 6) is 6.14. The second kappa shape index (κ2) is 12.6. The number of hydrogen-bond donors (Lipinski definition) is 3. The smallest absolute Gasteiger partial charge is 0.406 e. The van der Waals surface area contributed by atoms with Gasteiger partial charge in [0.15, 0.2) is 0 Å². The van der Waals surface area contributed by atoms with Crippen molar-refractivity contribution in [2.24, 2.45) is 0 Å². The van der Waals surface area contributed by atoms with Crippen LogP contribution in [-0.4, -0.2) is 79.6 Å². The number of anilines is 2. The van der Waals surface area contributed by atoms with E-state index in [1.54, 1.807) is 43.4 Å². The number of nitrogens with zero attached hydrogens (tertiary/aromatic N) is 2. The van der Waals surface area contributed by atoms with E-state index < -0.39 is 12.7 Å². The van der Waals surface area contributed by atoms with Gasteiger partial charge in [-0.25, -0.2) is 0 Å². The quantitative estimate of drug-likeness (QED) is 0.304. The average molecular weight is 610 g/mol. The molecule has 3 saturated heterocycles. The fourth-order valence-corrected chi connectivity index (χ4v) is 6.75. The molecule has 3 aromatic rings. The number of nitrogens with one attached hydrogen (secondary N) is 3.